The summed E-state index contributed by atoms with van der Waals surface area (Å²) in [7, 11) is -3.05. The molecule has 1 fully saturated rings. The van der Waals surface area contributed by atoms with E-state index in [-0.39, 0.29) is 6.03 Å². The van der Waals surface area contributed by atoms with Gasteiger partial charge in [-0.25, -0.2) is 13.2 Å². The third-order valence-corrected chi connectivity index (χ3v) is 5.17. The third-order valence-electron chi connectivity index (χ3n) is 3.57. The highest BCUT2D eigenvalue weighted by Crippen LogP contribution is 2.15. The van der Waals surface area contributed by atoms with Gasteiger partial charge in [0.2, 0.25) is 0 Å². The lowest BCUT2D eigenvalue weighted by atomic mass is 10.1. The lowest BCUT2D eigenvalue weighted by Gasteiger charge is -2.17. The van der Waals surface area contributed by atoms with Gasteiger partial charge in [0, 0.05) is 25.9 Å². The Hall–Kier alpha value is -1.56. The number of rotatable bonds is 4. The van der Waals surface area contributed by atoms with Crippen LogP contribution in [0.25, 0.3) is 0 Å². The van der Waals surface area contributed by atoms with Gasteiger partial charge in [0.1, 0.15) is 0 Å². The zero-order valence-electron chi connectivity index (χ0n) is 11.6. The van der Waals surface area contributed by atoms with Gasteiger partial charge < -0.3 is 10.2 Å². The van der Waals surface area contributed by atoms with E-state index >= 15 is 0 Å². The predicted molar refractivity (Wildman–Crippen MR) is 78.4 cm³/mol. The summed E-state index contributed by atoms with van der Waals surface area (Å²) in [6, 6.07) is 9.75. The van der Waals surface area contributed by atoms with Crippen molar-refractivity contribution in [1.29, 1.82) is 0 Å². The third kappa shape index (κ3) is 3.96. The van der Waals surface area contributed by atoms with Crippen LogP contribution >= 0.6 is 0 Å². The number of benzene rings is 1. The highest BCUT2D eigenvalue weighted by molar-refractivity contribution is 7.91. The van der Waals surface area contributed by atoms with Crippen LogP contribution in [-0.2, 0) is 16.3 Å². The highest BCUT2D eigenvalue weighted by atomic mass is 32.2. The van der Waals surface area contributed by atoms with Crippen LogP contribution < -0.4 is 5.32 Å². The first kappa shape index (κ1) is 14.8. The fraction of sp³-hybridized carbons (Fsp3) is 0.500. The van der Waals surface area contributed by atoms with Gasteiger partial charge in [-0.2, -0.15) is 0 Å². The Balaban J connectivity index is 1.76. The van der Waals surface area contributed by atoms with Crippen molar-refractivity contribution in [3.05, 3.63) is 35.9 Å². The fourth-order valence-electron chi connectivity index (χ4n) is 2.33. The van der Waals surface area contributed by atoms with E-state index in [9.17, 15) is 13.2 Å². The van der Waals surface area contributed by atoms with Crippen LogP contribution in [0.15, 0.2) is 30.3 Å². The summed E-state index contributed by atoms with van der Waals surface area (Å²) in [6.07, 6.45) is 2.54. The monoisotopic (exact) mass is 296 g/mol. The van der Waals surface area contributed by atoms with Crippen LogP contribution in [-0.4, -0.2) is 50.5 Å². The molecule has 0 bridgehead atoms. The first-order valence-electron chi connectivity index (χ1n) is 6.72. The molecule has 0 aliphatic carbocycles. The topological polar surface area (TPSA) is 66.5 Å². The maximum atomic E-state index is 11.9. The van der Waals surface area contributed by atoms with E-state index < -0.39 is 15.1 Å². The molecule has 0 aromatic heterocycles. The molecule has 1 aromatic rings. The number of sulfone groups is 1. The lowest BCUT2D eigenvalue weighted by molar-refractivity contribution is 0.209. The largest absolute Gasteiger partial charge is 0.338 e. The van der Waals surface area contributed by atoms with E-state index in [0.717, 1.165) is 6.42 Å². The minimum absolute atomic E-state index is 0.174. The Morgan fingerprint density at radius 3 is 2.65 bits per heavy atom. The van der Waals surface area contributed by atoms with Crippen molar-refractivity contribution < 1.29 is 13.2 Å². The number of nitrogens with one attached hydrogen (secondary N) is 1. The van der Waals surface area contributed by atoms with Crippen LogP contribution in [0.5, 0.6) is 0 Å². The van der Waals surface area contributed by atoms with Gasteiger partial charge in [-0.15, -0.1) is 0 Å². The average Bonchev–Trinajstić information content (AvgIpc) is 2.89. The normalized spacial score (nSPS) is 19.1. The number of hydrogen-bond acceptors (Lipinski definition) is 3. The van der Waals surface area contributed by atoms with Crippen molar-refractivity contribution in [3.8, 4) is 0 Å². The molecule has 0 unspecified atom stereocenters. The Morgan fingerprint density at radius 2 is 2.05 bits per heavy atom. The number of hydrogen-bond donors (Lipinski definition) is 1. The summed E-state index contributed by atoms with van der Waals surface area (Å²) in [5, 5.41) is 2.42. The van der Waals surface area contributed by atoms with Gasteiger partial charge in [-0.05, 0) is 18.4 Å². The van der Waals surface area contributed by atoms with E-state index in [1.54, 1.807) is 4.90 Å². The number of likely N-dealkylation sites (tertiary alicyclic amines) is 1. The molecule has 1 N–H and O–H groups in total. The molecule has 1 aliphatic heterocycles. The van der Waals surface area contributed by atoms with E-state index in [1.807, 2.05) is 30.3 Å². The predicted octanol–water partition coefficient (Wildman–Crippen LogP) is 1.06. The molecular weight excluding hydrogens is 276 g/mol. The van der Waals surface area contributed by atoms with Gasteiger partial charge in [0.05, 0.1) is 5.25 Å². The minimum atomic E-state index is -3.05. The van der Waals surface area contributed by atoms with E-state index in [4.69, 9.17) is 0 Å². The molecule has 0 spiro atoms. The summed E-state index contributed by atoms with van der Waals surface area (Å²) in [4.78, 5) is 13.5. The molecular formula is C14H20N2O3S. The molecule has 1 heterocycles. The van der Waals surface area contributed by atoms with E-state index in [0.29, 0.717) is 26.1 Å². The second-order valence-corrected chi connectivity index (χ2v) is 7.48. The molecule has 2 rings (SSSR count). The van der Waals surface area contributed by atoms with Crippen LogP contribution in [0.3, 0.4) is 0 Å². The first-order valence-corrected chi connectivity index (χ1v) is 8.68. The summed E-state index contributed by atoms with van der Waals surface area (Å²) in [5.41, 5.74) is 1.17. The van der Waals surface area contributed by atoms with Crippen LogP contribution in [0, 0.1) is 0 Å². The lowest BCUT2D eigenvalue weighted by Crippen LogP contribution is -2.40. The molecule has 1 saturated heterocycles. The van der Waals surface area contributed by atoms with Gasteiger partial charge in [0.15, 0.2) is 9.84 Å². The van der Waals surface area contributed by atoms with Gasteiger partial charge in [-0.1, -0.05) is 30.3 Å². The van der Waals surface area contributed by atoms with E-state index in [1.165, 1.54) is 11.8 Å². The summed E-state index contributed by atoms with van der Waals surface area (Å²) in [6.45, 7) is 1.37. The van der Waals surface area contributed by atoms with Crippen LogP contribution in [0.4, 0.5) is 4.79 Å². The highest BCUT2D eigenvalue weighted by Gasteiger charge is 2.32. The SMILES string of the molecule is CS(=O)(=O)[C@@H]1CCN(C(=O)NCCc2ccccc2)C1. The molecule has 2 amide bonds. The number of carbonyl (C=O) groups is 1. The summed E-state index contributed by atoms with van der Waals surface area (Å²) < 4.78 is 22.9. The van der Waals surface area contributed by atoms with Crippen molar-refractivity contribution in [2.75, 3.05) is 25.9 Å². The smallest absolute Gasteiger partial charge is 0.317 e. The summed E-state index contributed by atoms with van der Waals surface area (Å²) >= 11 is 0. The number of urea groups is 1. The summed E-state index contributed by atoms with van der Waals surface area (Å²) in [5.74, 6) is 0. The molecule has 110 valence electrons. The Kier molecular flexibility index (Phi) is 4.65. The van der Waals surface area contributed by atoms with Gasteiger partial charge >= 0.3 is 6.03 Å². The standard InChI is InChI=1S/C14H20N2O3S/c1-20(18,19)13-8-10-16(11-13)14(17)15-9-7-12-5-3-2-4-6-12/h2-6,13H,7-11H2,1H3,(H,15,17)/t13-/m1/s1. The zero-order valence-corrected chi connectivity index (χ0v) is 12.4. The average molecular weight is 296 g/mol. The second kappa shape index (κ2) is 6.26. The van der Waals surface area contributed by atoms with Crippen molar-refractivity contribution in [2.24, 2.45) is 0 Å². The first-order chi connectivity index (χ1) is 9.47. The quantitative estimate of drug-likeness (QED) is 0.903. The van der Waals surface area contributed by atoms with Crippen molar-refractivity contribution in [1.82, 2.24) is 10.2 Å². The Bertz CT molecular complexity index is 557. The zero-order chi connectivity index (χ0) is 14.6. The van der Waals surface area contributed by atoms with Gasteiger partial charge in [-0.3, -0.25) is 0 Å². The second-order valence-electron chi connectivity index (χ2n) is 5.15. The molecule has 1 aromatic carbocycles. The van der Waals surface area contributed by atoms with Crippen molar-refractivity contribution in [2.45, 2.75) is 18.1 Å². The fourth-order valence-corrected chi connectivity index (χ4v) is 3.32. The molecule has 20 heavy (non-hydrogen) atoms. The maximum Gasteiger partial charge on any atom is 0.317 e. The minimum Gasteiger partial charge on any atom is -0.338 e. The van der Waals surface area contributed by atoms with Gasteiger partial charge in [0.25, 0.3) is 0 Å². The Morgan fingerprint density at radius 1 is 1.35 bits per heavy atom. The number of nitrogens with zero attached hydrogens (tertiary/aromatic N) is 1. The Labute approximate surface area is 119 Å². The van der Waals surface area contributed by atoms with Crippen molar-refractivity contribution >= 4 is 15.9 Å². The molecule has 0 radical (unpaired) electrons. The van der Waals surface area contributed by atoms with E-state index in [2.05, 4.69) is 5.32 Å². The molecule has 0 saturated carbocycles. The van der Waals surface area contributed by atoms with Crippen LogP contribution in [0.2, 0.25) is 0 Å². The molecule has 5 nitrogen and oxygen atoms in total. The molecule has 1 aliphatic rings. The maximum absolute atomic E-state index is 11.9. The molecule has 6 heteroatoms. The van der Waals surface area contributed by atoms with Crippen LogP contribution in [0.1, 0.15) is 12.0 Å². The van der Waals surface area contributed by atoms with Crippen molar-refractivity contribution in [3.63, 3.8) is 0 Å². The number of carbonyl (C=O) groups excluding carboxylic acids is 1. The number of amides is 2. The molecule has 1 atom stereocenters.